The van der Waals surface area contributed by atoms with E-state index in [1.54, 1.807) is 6.07 Å². The minimum atomic E-state index is -0.280. The number of hydrogen-bond donors (Lipinski definition) is 1. The van der Waals surface area contributed by atoms with Crippen molar-refractivity contribution < 1.29 is 14.6 Å². The first-order valence-corrected chi connectivity index (χ1v) is 5.56. The predicted octanol–water partition coefficient (Wildman–Crippen LogP) is 2.18. The third-order valence-electron chi connectivity index (χ3n) is 2.53. The maximum atomic E-state index is 11.5. The van der Waals surface area contributed by atoms with E-state index in [2.05, 4.69) is 0 Å². The second kappa shape index (κ2) is 7.01. The van der Waals surface area contributed by atoms with Gasteiger partial charge in [-0.3, -0.25) is 0 Å². The van der Waals surface area contributed by atoms with Crippen LogP contribution in [0.15, 0.2) is 24.3 Å². The molecule has 0 radical (unpaired) electrons. The lowest BCUT2D eigenvalue weighted by Crippen LogP contribution is -2.05. The van der Waals surface area contributed by atoms with Gasteiger partial charge in [0.15, 0.2) is 0 Å². The maximum Gasteiger partial charge on any atom is 0.338 e. The number of benzene rings is 1. The maximum absolute atomic E-state index is 11.5. The van der Waals surface area contributed by atoms with Crippen LogP contribution < -0.4 is 0 Å². The smallest absolute Gasteiger partial charge is 0.338 e. The Hall–Kier alpha value is -1.35. The van der Waals surface area contributed by atoms with E-state index in [-0.39, 0.29) is 12.6 Å². The summed E-state index contributed by atoms with van der Waals surface area (Å²) in [5.41, 5.74) is 1.67. The summed E-state index contributed by atoms with van der Waals surface area (Å²) in [6, 6.07) is 7.50. The second-order valence-electron chi connectivity index (χ2n) is 3.68. The van der Waals surface area contributed by atoms with Gasteiger partial charge in [0.05, 0.1) is 12.7 Å². The van der Waals surface area contributed by atoms with E-state index in [1.807, 2.05) is 18.2 Å². The Morgan fingerprint density at radius 3 is 2.69 bits per heavy atom. The molecule has 0 saturated carbocycles. The fraction of sp³-hybridized carbons (Fsp3) is 0.462. The molecule has 1 aromatic carbocycles. The van der Waals surface area contributed by atoms with Gasteiger partial charge in [0, 0.05) is 6.61 Å². The van der Waals surface area contributed by atoms with Crippen LogP contribution in [-0.2, 0) is 11.2 Å². The first kappa shape index (κ1) is 12.7. The number of carbonyl (C=O) groups is 1. The first-order valence-electron chi connectivity index (χ1n) is 5.56. The molecule has 0 atom stereocenters. The highest BCUT2D eigenvalue weighted by Gasteiger charge is 2.09. The van der Waals surface area contributed by atoms with Crippen molar-refractivity contribution in [2.45, 2.75) is 25.7 Å². The van der Waals surface area contributed by atoms with Gasteiger partial charge in [0.25, 0.3) is 0 Å². The molecule has 3 nitrogen and oxygen atoms in total. The van der Waals surface area contributed by atoms with Crippen LogP contribution in [0.25, 0.3) is 0 Å². The number of methoxy groups -OCH3 is 1. The third-order valence-corrected chi connectivity index (χ3v) is 2.53. The zero-order chi connectivity index (χ0) is 11.8. The summed E-state index contributed by atoms with van der Waals surface area (Å²) >= 11 is 0. The Kier molecular flexibility index (Phi) is 5.57. The van der Waals surface area contributed by atoms with E-state index >= 15 is 0 Å². The van der Waals surface area contributed by atoms with Crippen molar-refractivity contribution in [1.29, 1.82) is 0 Å². The van der Waals surface area contributed by atoms with Crippen molar-refractivity contribution in [3.63, 3.8) is 0 Å². The molecule has 0 fully saturated rings. The monoisotopic (exact) mass is 222 g/mol. The number of esters is 1. The number of aliphatic hydroxyl groups excluding tert-OH is 1. The molecule has 1 N–H and O–H groups in total. The number of hydrogen-bond acceptors (Lipinski definition) is 3. The molecule has 0 unspecified atom stereocenters. The Balaban J connectivity index is 2.60. The highest BCUT2D eigenvalue weighted by atomic mass is 16.5. The molecule has 0 heterocycles. The van der Waals surface area contributed by atoms with Gasteiger partial charge in [-0.25, -0.2) is 4.79 Å². The van der Waals surface area contributed by atoms with Crippen molar-refractivity contribution in [3.05, 3.63) is 35.4 Å². The summed E-state index contributed by atoms with van der Waals surface area (Å²) in [6.07, 6.45) is 3.63. The molecule has 0 bridgehead atoms. The molecule has 1 rings (SSSR count). The summed E-state index contributed by atoms with van der Waals surface area (Å²) in [5.74, 6) is -0.280. The van der Waals surface area contributed by atoms with Crippen LogP contribution in [-0.4, -0.2) is 24.8 Å². The largest absolute Gasteiger partial charge is 0.465 e. The highest BCUT2D eigenvalue weighted by Crippen LogP contribution is 2.13. The minimum Gasteiger partial charge on any atom is -0.465 e. The molecule has 0 aliphatic carbocycles. The van der Waals surface area contributed by atoms with Crippen molar-refractivity contribution in [3.8, 4) is 0 Å². The van der Waals surface area contributed by atoms with E-state index < -0.39 is 0 Å². The van der Waals surface area contributed by atoms with Gasteiger partial charge in [0.1, 0.15) is 0 Å². The van der Waals surface area contributed by atoms with Crippen LogP contribution in [0.1, 0.15) is 35.2 Å². The van der Waals surface area contributed by atoms with Crippen molar-refractivity contribution in [2.24, 2.45) is 0 Å². The number of ether oxygens (including phenoxy) is 1. The van der Waals surface area contributed by atoms with Crippen molar-refractivity contribution in [2.75, 3.05) is 13.7 Å². The summed E-state index contributed by atoms with van der Waals surface area (Å²) in [7, 11) is 1.39. The normalized spacial score (nSPS) is 10.1. The molecule has 0 amide bonds. The zero-order valence-electron chi connectivity index (χ0n) is 9.61. The molecular formula is C13H18O3. The molecule has 0 aliphatic heterocycles. The van der Waals surface area contributed by atoms with Crippen LogP contribution in [0.2, 0.25) is 0 Å². The third kappa shape index (κ3) is 3.66. The van der Waals surface area contributed by atoms with Gasteiger partial charge in [0.2, 0.25) is 0 Å². The topological polar surface area (TPSA) is 46.5 Å². The lowest BCUT2D eigenvalue weighted by Gasteiger charge is -2.07. The SMILES string of the molecule is COC(=O)c1ccccc1CCCCCO. The van der Waals surface area contributed by atoms with Crippen LogP contribution in [0.3, 0.4) is 0 Å². The molecule has 88 valence electrons. The van der Waals surface area contributed by atoms with E-state index in [4.69, 9.17) is 9.84 Å². The van der Waals surface area contributed by atoms with E-state index in [9.17, 15) is 4.79 Å². The van der Waals surface area contributed by atoms with Gasteiger partial charge < -0.3 is 9.84 Å². The molecule has 0 spiro atoms. The molecule has 0 aromatic heterocycles. The Morgan fingerprint density at radius 1 is 1.25 bits per heavy atom. The quantitative estimate of drug-likeness (QED) is 0.592. The molecule has 3 heteroatoms. The Labute approximate surface area is 96.1 Å². The van der Waals surface area contributed by atoms with E-state index in [0.717, 1.165) is 31.2 Å². The predicted molar refractivity (Wildman–Crippen MR) is 62.4 cm³/mol. The fourth-order valence-electron chi connectivity index (χ4n) is 1.65. The summed E-state index contributed by atoms with van der Waals surface area (Å²) in [4.78, 5) is 11.5. The Morgan fingerprint density at radius 2 is 2.00 bits per heavy atom. The number of rotatable bonds is 6. The van der Waals surface area contributed by atoms with Gasteiger partial charge in [-0.05, 0) is 30.9 Å². The number of aryl methyl sites for hydroxylation is 1. The summed E-state index contributed by atoms with van der Waals surface area (Å²) in [6.45, 7) is 0.235. The average molecular weight is 222 g/mol. The number of aliphatic hydroxyl groups is 1. The first-order chi connectivity index (χ1) is 7.79. The molecule has 16 heavy (non-hydrogen) atoms. The van der Waals surface area contributed by atoms with E-state index in [0.29, 0.717) is 5.56 Å². The van der Waals surface area contributed by atoms with Crippen molar-refractivity contribution in [1.82, 2.24) is 0 Å². The average Bonchev–Trinajstić information content (AvgIpc) is 2.34. The molecule has 0 aliphatic rings. The standard InChI is InChI=1S/C13H18O3/c1-16-13(15)12-9-5-4-8-11(12)7-3-2-6-10-14/h4-5,8-9,14H,2-3,6-7,10H2,1H3. The second-order valence-corrected chi connectivity index (χ2v) is 3.68. The Bertz CT molecular complexity index is 334. The number of carbonyl (C=O) groups excluding carboxylic acids is 1. The highest BCUT2D eigenvalue weighted by molar-refractivity contribution is 5.90. The molecular weight excluding hydrogens is 204 g/mol. The van der Waals surface area contributed by atoms with Crippen molar-refractivity contribution >= 4 is 5.97 Å². The van der Waals surface area contributed by atoms with Crippen LogP contribution >= 0.6 is 0 Å². The van der Waals surface area contributed by atoms with Crippen LogP contribution in [0, 0.1) is 0 Å². The van der Waals surface area contributed by atoms with Crippen LogP contribution in [0.5, 0.6) is 0 Å². The minimum absolute atomic E-state index is 0.235. The lowest BCUT2D eigenvalue weighted by atomic mass is 10.0. The zero-order valence-corrected chi connectivity index (χ0v) is 9.61. The van der Waals surface area contributed by atoms with E-state index in [1.165, 1.54) is 7.11 Å². The summed E-state index contributed by atoms with van der Waals surface area (Å²) < 4.78 is 4.73. The molecule has 0 saturated heterocycles. The number of unbranched alkanes of at least 4 members (excludes halogenated alkanes) is 2. The van der Waals surface area contributed by atoms with Gasteiger partial charge in [-0.2, -0.15) is 0 Å². The van der Waals surface area contributed by atoms with Crippen LogP contribution in [0.4, 0.5) is 0 Å². The van der Waals surface area contributed by atoms with Gasteiger partial charge in [-0.15, -0.1) is 0 Å². The lowest BCUT2D eigenvalue weighted by molar-refractivity contribution is 0.0599. The molecule has 1 aromatic rings. The van der Waals surface area contributed by atoms with Gasteiger partial charge >= 0.3 is 5.97 Å². The van der Waals surface area contributed by atoms with Gasteiger partial charge in [-0.1, -0.05) is 24.6 Å². The summed E-state index contributed by atoms with van der Waals surface area (Å²) in [5, 5.41) is 8.67. The fourth-order valence-corrected chi connectivity index (χ4v) is 1.65.